The highest BCUT2D eigenvalue weighted by molar-refractivity contribution is 5.80. The van der Waals surface area contributed by atoms with Crippen LogP contribution in [0.3, 0.4) is 0 Å². The van der Waals surface area contributed by atoms with Gasteiger partial charge in [0.1, 0.15) is 0 Å². The van der Waals surface area contributed by atoms with Crippen molar-refractivity contribution in [3.8, 4) is 0 Å². The van der Waals surface area contributed by atoms with Gasteiger partial charge in [-0.05, 0) is 25.3 Å². The molecule has 1 heterocycles. The summed E-state index contributed by atoms with van der Waals surface area (Å²) in [4.78, 5) is 35.2. The number of aliphatic carboxylic acids is 1. The van der Waals surface area contributed by atoms with Crippen molar-refractivity contribution >= 4 is 17.6 Å². The third kappa shape index (κ3) is 3.60. The predicted molar refractivity (Wildman–Crippen MR) is 78.3 cm³/mol. The Morgan fingerprint density at radius 1 is 1.32 bits per heavy atom. The molecular formula is C15H18N2O5. The number of amides is 1. The summed E-state index contributed by atoms with van der Waals surface area (Å²) in [6.07, 6.45) is 1.37. The molecule has 2 rings (SSSR count). The second kappa shape index (κ2) is 6.55. The lowest BCUT2D eigenvalue weighted by molar-refractivity contribution is -0.384. The number of nitro benzene ring substituents is 1. The Hall–Kier alpha value is -2.44. The average Bonchev–Trinajstić information content (AvgIpc) is 2.47. The van der Waals surface area contributed by atoms with Crippen molar-refractivity contribution in [3.05, 3.63) is 39.9 Å². The molecule has 7 heteroatoms. The summed E-state index contributed by atoms with van der Waals surface area (Å²) in [6.45, 7) is 2.13. The first-order chi connectivity index (χ1) is 10.4. The highest BCUT2D eigenvalue weighted by atomic mass is 16.6. The minimum atomic E-state index is -0.875. The largest absolute Gasteiger partial charge is 0.481 e. The van der Waals surface area contributed by atoms with Crippen LogP contribution in [0.15, 0.2) is 24.3 Å². The van der Waals surface area contributed by atoms with Crippen LogP contribution in [0.2, 0.25) is 0 Å². The average molecular weight is 306 g/mol. The first-order valence-electron chi connectivity index (χ1n) is 7.14. The highest BCUT2D eigenvalue weighted by Crippen LogP contribution is 2.23. The minimum Gasteiger partial charge on any atom is -0.481 e. The third-order valence-corrected chi connectivity index (χ3v) is 4.05. The van der Waals surface area contributed by atoms with Crippen molar-refractivity contribution in [2.24, 2.45) is 5.92 Å². The second-order valence-corrected chi connectivity index (χ2v) is 5.61. The second-order valence-electron chi connectivity index (χ2n) is 5.61. The van der Waals surface area contributed by atoms with Crippen molar-refractivity contribution in [1.82, 2.24) is 4.90 Å². The molecule has 1 aliphatic rings. The van der Waals surface area contributed by atoms with Crippen LogP contribution in [-0.2, 0) is 16.0 Å². The monoisotopic (exact) mass is 306 g/mol. The van der Waals surface area contributed by atoms with Crippen LogP contribution in [0, 0.1) is 16.0 Å². The topological polar surface area (TPSA) is 101 Å². The van der Waals surface area contributed by atoms with E-state index in [2.05, 4.69) is 0 Å². The van der Waals surface area contributed by atoms with E-state index in [0.717, 1.165) is 0 Å². The van der Waals surface area contributed by atoms with Gasteiger partial charge in [-0.25, -0.2) is 0 Å². The molecule has 118 valence electrons. The molecule has 0 aromatic heterocycles. The number of carboxylic acids is 1. The van der Waals surface area contributed by atoms with Gasteiger partial charge in [-0.15, -0.1) is 0 Å². The van der Waals surface area contributed by atoms with E-state index in [1.54, 1.807) is 17.0 Å². The Bertz CT molecular complexity index is 584. The van der Waals surface area contributed by atoms with Crippen LogP contribution in [0.1, 0.15) is 25.3 Å². The molecule has 0 bridgehead atoms. The van der Waals surface area contributed by atoms with Gasteiger partial charge in [-0.3, -0.25) is 19.7 Å². The van der Waals surface area contributed by atoms with E-state index in [0.29, 0.717) is 18.4 Å². The first-order valence-corrected chi connectivity index (χ1v) is 7.14. The van der Waals surface area contributed by atoms with Gasteiger partial charge in [0.15, 0.2) is 0 Å². The number of nitro groups is 1. The molecule has 1 aromatic carbocycles. The van der Waals surface area contributed by atoms with E-state index in [-0.39, 0.29) is 30.6 Å². The van der Waals surface area contributed by atoms with Gasteiger partial charge in [0.05, 0.1) is 17.3 Å². The lowest BCUT2D eigenvalue weighted by Gasteiger charge is -2.36. The lowest BCUT2D eigenvalue weighted by atomic mass is 9.93. The van der Waals surface area contributed by atoms with Crippen molar-refractivity contribution in [2.75, 3.05) is 6.54 Å². The summed E-state index contributed by atoms with van der Waals surface area (Å²) in [7, 11) is 0. The van der Waals surface area contributed by atoms with Crippen LogP contribution in [0.4, 0.5) is 5.69 Å². The Morgan fingerprint density at radius 2 is 1.95 bits per heavy atom. The van der Waals surface area contributed by atoms with Gasteiger partial charge in [-0.1, -0.05) is 12.1 Å². The summed E-state index contributed by atoms with van der Waals surface area (Å²) in [5.41, 5.74) is 0.661. The van der Waals surface area contributed by atoms with Crippen LogP contribution < -0.4 is 0 Å². The molecule has 7 nitrogen and oxygen atoms in total. The molecule has 1 N–H and O–H groups in total. The molecule has 2 atom stereocenters. The van der Waals surface area contributed by atoms with E-state index in [1.165, 1.54) is 12.1 Å². The molecule has 2 unspecified atom stereocenters. The van der Waals surface area contributed by atoms with Crippen molar-refractivity contribution in [1.29, 1.82) is 0 Å². The molecule has 0 saturated carbocycles. The summed E-state index contributed by atoms with van der Waals surface area (Å²) >= 11 is 0. The SMILES string of the molecule is CC1CCC(C(=O)O)CN1C(=O)Cc1ccc([N+](=O)[O-])cc1. The number of rotatable bonds is 4. The van der Waals surface area contributed by atoms with Crippen molar-refractivity contribution in [2.45, 2.75) is 32.2 Å². The molecule has 1 fully saturated rings. The fraction of sp³-hybridized carbons (Fsp3) is 0.467. The number of carboxylic acid groups (broad SMARTS) is 1. The fourth-order valence-electron chi connectivity index (χ4n) is 2.67. The zero-order chi connectivity index (χ0) is 16.3. The molecular weight excluding hydrogens is 288 g/mol. The van der Waals surface area contributed by atoms with E-state index in [9.17, 15) is 19.7 Å². The predicted octanol–water partition coefficient (Wildman–Crippen LogP) is 1.85. The Kier molecular flexibility index (Phi) is 4.75. The maximum atomic E-state index is 12.4. The number of non-ortho nitro benzene ring substituents is 1. The van der Waals surface area contributed by atoms with Crippen LogP contribution >= 0.6 is 0 Å². The van der Waals surface area contributed by atoms with Gasteiger partial charge in [0.25, 0.3) is 5.69 Å². The summed E-state index contributed by atoms with van der Waals surface area (Å²) in [5.74, 6) is -1.54. The molecule has 0 aliphatic carbocycles. The molecule has 1 amide bonds. The minimum absolute atomic E-state index is 0.0150. The van der Waals surface area contributed by atoms with E-state index >= 15 is 0 Å². The maximum absolute atomic E-state index is 12.4. The molecule has 1 aromatic rings. The highest BCUT2D eigenvalue weighted by Gasteiger charge is 2.32. The standard InChI is InChI=1S/C15H18N2O5/c1-10-2-5-12(15(19)20)9-16(10)14(18)8-11-3-6-13(7-4-11)17(21)22/h3-4,6-7,10,12H,2,5,8-9H2,1H3,(H,19,20). The maximum Gasteiger partial charge on any atom is 0.308 e. The Balaban J connectivity index is 2.03. The first kappa shape index (κ1) is 15.9. The lowest BCUT2D eigenvalue weighted by Crippen LogP contribution is -2.47. The number of piperidine rings is 1. The number of nitrogens with zero attached hydrogens (tertiary/aromatic N) is 2. The smallest absolute Gasteiger partial charge is 0.308 e. The zero-order valence-electron chi connectivity index (χ0n) is 12.3. The van der Waals surface area contributed by atoms with E-state index in [1.807, 2.05) is 6.92 Å². The summed E-state index contributed by atoms with van der Waals surface area (Å²) < 4.78 is 0. The number of hydrogen-bond acceptors (Lipinski definition) is 4. The normalized spacial score (nSPS) is 21.4. The van der Waals surface area contributed by atoms with E-state index < -0.39 is 16.8 Å². The zero-order valence-corrected chi connectivity index (χ0v) is 12.3. The molecule has 0 spiro atoms. The van der Waals surface area contributed by atoms with Gasteiger partial charge in [-0.2, -0.15) is 0 Å². The molecule has 1 saturated heterocycles. The van der Waals surface area contributed by atoms with Crippen LogP contribution in [0.5, 0.6) is 0 Å². The van der Waals surface area contributed by atoms with E-state index in [4.69, 9.17) is 5.11 Å². The van der Waals surface area contributed by atoms with Crippen molar-refractivity contribution < 1.29 is 19.6 Å². The van der Waals surface area contributed by atoms with Crippen LogP contribution in [-0.4, -0.2) is 39.4 Å². The van der Waals surface area contributed by atoms with Gasteiger partial charge in [0.2, 0.25) is 5.91 Å². The molecule has 0 radical (unpaired) electrons. The fourth-order valence-corrected chi connectivity index (χ4v) is 2.67. The summed E-state index contributed by atoms with van der Waals surface area (Å²) in [6, 6.07) is 5.85. The number of benzene rings is 1. The van der Waals surface area contributed by atoms with Gasteiger partial charge >= 0.3 is 5.97 Å². The van der Waals surface area contributed by atoms with Crippen molar-refractivity contribution in [3.63, 3.8) is 0 Å². The summed E-state index contributed by atoms with van der Waals surface area (Å²) in [5, 5.41) is 19.7. The van der Waals surface area contributed by atoms with Crippen LogP contribution in [0.25, 0.3) is 0 Å². The number of hydrogen-bond donors (Lipinski definition) is 1. The number of likely N-dealkylation sites (tertiary alicyclic amines) is 1. The third-order valence-electron chi connectivity index (χ3n) is 4.05. The Morgan fingerprint density at radius 3 is 2.50 bits per heavy atom. The molecule has 1 aliphatic heterocycles. The number of carbonyl (C=O) groups is 2. The quantitative estimate of drug-likeness (QED) is 0.675. The van der Waals surface area contributed by atoms with Gasteiger partial charge < -0.3 is 10.0 Å². The molecule has 22 heavy (non-hydrogen) atoms. The van der Waals surface area contributed by atoms with Gasteiger partial charge in [0, 0.05) is 24.7 Å². The number of carbonyl (C=O) groups excluding carboxylic acids is 1. The Labute approximate surface area is 127 Å².